The number of nitrogens with zero attached hydrogens (tertiary/aromatic N) is 2. The summed E-state index contributed by atoms with van der Waals surface area (Å²) in [7, 11) is 8.02. The zero-order valence-corrected chi connectivity index (χ0v) is 15.5. The molecule has 0 aromatic heterocycles. The molecule has 0 bridgehead atoms. The van der Waals surface area contributed by atoms with Gasteiger partial charge in [-0.3, -0.25) is 9.59 Å². The minimum atomic E-state index is -0.980. The lowest BCUT2D eigenvalue weighted by Gasteiger charge is -2.06. The maximum atomic E-state index is 10.0. The van der Waals surface area contributed by atoms with Crippen molar-refractivity contribution in [3.05, 3.63) is 0 Å². The van der Waals surface area contributed by atoms with E-state index in [0.29, 0.717) is 0 Å². The number of thiol groups is 1. The second-order valence-electron chi connectivity index (χ2n) is 4.30. The number of thioether (sulfide) groups is 1. The molecule has 21 heavy (non-hydrogen) atoms. The third-order valence-corrected chi connectivity index (χ3v) is 2.92. The van der Waals surface area contributed by atoms with Crippen molar-refractivity contribution in [2.24, 2.45) is 0 Å². The van der Waals surface area contributed by atoms with Gasteiger partial charge in [0.1, 0.15) is 5.88 Å². The van der Waals surface area contributed by atoms with E-state index >= 15 is 0 Å². The van der Waals surface area contributed by atoms with Gasteiger partial charge in [0.05, 0.1) is 5.75 Å². The summed E-state index contributed by atoms with van der Waals surface area (Å²) in [6.07, 6.45) is 0. The van der Waals surface area contributed by atoms with Crippen LogP contribution in [0.2, 0.25) is 0 Å². The number of rotatable bonds is 8. The summed E-state index contributed by atoms with van der Waals surface area (Å²) in [6.45, 7) is 2.01. The van der Waals surface area contributed by atoms with Gasteiger partial charge in [-0.2, -0.15) is 12.6 Å². The zero-order chi connectivity index (χ0) is 17.3. The Labute approximate surface area is 142 Å². The van der Waals surface area contributed by atoms with Crippen LogP contribution < -0.4 is 0 Å². The van der Waals surface area contributed by atoms with Crippen LogP contribution in [0, 0.1) is 0 Å². The van der Waals surface area contributed by atoms with Gasteiger partial charge >= 0.3 is 11.9 Å². The van der Waals surface area contributed by atoms with Gasteiger partial charge in [-0.1, -0.05) is 0 Å². The summed E-state index contributed by atoms with van der Waals surface area (Å²) >= 11 is 10.2. The van der Waals surface area contributed by atoms with Crippen LogP contribution in [0.3, 0.4) is 0 Å². The van der Waals surface area contributed by atoms with Crippen molar-refractivity contribution in [2.75, 3.05) is 64.4 Å². The smallest absolute Gasteiger partial charge is 0.318 e. The zero-order valence-electron chi connectivity index (χ0n) is 13.1. The first-order valence-corrected chi connectivity index (χ1v) is 8.47. The normalized spacial score (nSPS) is 9.52. The third kappa shape index (κ3) is 45.0. The fourth-order valence-electron chi connectivity index (χ4n) is 0.607. The van der Waals surface area contributed by atoms with Gasteiger partial charge in [0.15, 0.2) is 0 Å². The number of hydrogen-bond acceptors (Lipinski definition) is 6. The lowest BCUT2D eigenvalue weighted by Crippen LogP contribution is -2.15. The first-order valence-electron chi connectivity index (χ1n) is 6.14. The van der Waals surface area contributed by atoms with Gasteiger partial charge in [-0.25, -0.2) is 0 Å². The SMILES string of the molecule is CN(C)CCS.CN(C)CCSCC(=O)O.O=C(O)CCl. The highest BCUT2D eigenvalue weighted by molar-refractivity contribution is 7.99. The summed E-state index contributed by atoms with van der Waals surface area (Å²) in [5, 5.41) is 15.8. The number of aliphatic carboxylic acids is 2. The molecule has 0 radical (unpaired) electrons. The summed E-state index contributed by atoms with van der Waals surface area (Å²) in [4.78, 5) is 23.4. The van der Waals surface area contributed by atoms with Crippen molar-refractivity contribution >= 4 is 47.9 Å². The van der Waals surface area contributed by atoms with Crippen molar-refractivity contribution in [3.63, 3.8) is 0 Å². The second-order valence-corrected chi connectivity index (χ2v) is 6.12. The van der Waals surface area contributed by atoms with Crippen molar-refractivity contribution in [3.8, 4) is 0 Å². The van der Waals surface area contributed by atoms with Crippen LogP contribution in [-0.2, 0) is 9.59 Å². The Hall–Kier alpha value is -0.150. The summed E-state index contributed by atoms with van der Waals surface area (Å²) in [6, 6.07) is 0. The Morgan fingerprint density at radius 3 is 1.67 bits per heavy atom. The highest BCUT2D eigenvalue weighted by atomic mass is 35.5. The fourth-order valence-corrected chi connectivity index (χ4v) is 1.82. The second kappa shape index (κ2) is 19.9. The van der Waals surface area contributed by atoms with Gasteiger partial charge in [0.25, 0.3) is 0 Å². The van der Waals surface area contributed by atoms with E-state index in [1.165, 1.54) is 11.8 Å². The number of carboxylic acid groups (broad SMARTS) is 2. The van der Waals surface area contributed by atoms with Crippen molar-refractivity contribution in [1.29, 1.82) is 0 Å². The van der Waals surface area contributed by atoms with Crippen molar-refractivity contribution in [2.45, 2.75) is 0 Å². The first kappa shape index (κ1) is 25.8. The van der Waals surface area contributed by atoms with E-state index in [4.69, 9.17) is 21.8 Å². The van der Waals surface area contributed by atoms with E-state index in [2.05, 4.69) is 17.5 Å². The molecule has 9 heteroatoms. The topological polar surface area (TPSA) is 81.1 Å². The largest absolute Gasteiger partial charge is 0.481 e. The van der Waals surface area contributed by atoms with Crippen molar-refractivity contribution < 1.29 is 19.8 Å². The van der Waals surface area contributed by atoms with Crippen LogP contribution in [0.5, 0.6) is 0 Å². The fraction of sp³-hybridized carbons (Fsp3) is 0.833. The Morgan fingerprint density at radius 1 is 1.05 bits per heavy atom. The highest BCUT2D eigenvalue weighted by Gasteiger charge is 1.96. The molecule has 0 heterocycles. The molecule has 0 aliphatic heterocycles. The molecule has 0 saturated carbocycles. The molecule has 0 aromatic rings. The molecular weight excluding hydrogens is 336 g/mol. The molecule has 6 nitrogen and oxygen atoms in total. The van der Waals surface area contributed by atoms with Crippen LogP contribution in [0.25, 0.3) is 0 Å². The predicted octanol–water partition coefficient (Wildman–Crippen LogP) is 1.15. The van der Waals surface area contributed by atoms with Gasteiger partial charge < -0.3 is 20.0 Å². The molecule has 0 aromatic carbocycles. The van der Waals surface area contributed by atoms with E-state index in [9.17, 15) is 9.59 Å². The average molecular weight is 363 g/mol. The number of alkyl halides is 1. The summed E-state index contributed by atoms with van der Waals surface area (Å²) in [5.41, 5.74) is 0. The van der Waals surface area contributed by atoms with E-state index in [1.807, 2.05) is 33.1 Å². The van der Waals surface area contributed by atoms with Crippen LogP contribution in [0.1, 0.15) is 0 Å². The van der Waals surface area contributed by atoms with E-state index in [-0.39, 0.29) is 11.6 Å². The standard InChI is InChI=1S/C6H13NO2S.C4H11NS.C2H3ClO2/c1-7(2)3-4-10-5-6(8)9;1-5(2)3-4-6;3-1-2(4)5/h3-5H2,1-2H3,(H,8,9);6H,3-4H2,1-2H3;1H2,(H,4,5). The molecule has 0 rings (SSSR count). The van der Waals surface area contributed by atoms with E-state index in [0.717, 1.165) is 24.6 Å². The molecule has 0 fully saturated rings. The molecular formula is C12H27ClN2O4S2. The molecule has 0 aliphatic rings. The third-order valence-electron chi connectivity index (χ3n) is 1.57. The Balaban J connectivity index is -0.000000252. The molecule has 0 saturated heterocycles. The molecule has 0 unspecified atom stereocenters. The number of halogens is 1. The first-order chi connectivity index (χ1) is 9.67. The maximum Gasteiger partial charge on any atom is 0.318 e. The van der Waals surface area contributed by atoms with Crippen LogP contribution in [0.15, 0.2) is 0 Å². The Morgan fingerprint density at radius 2 is 1.48 bits per heavy atom. The summed E-state index contributed by atoms with van der Waals surface area (Å²) in [5.74, 6) is 0.0376. The quantitative estimate of drug-likeness (QED) is 0.339. The van der Waals surface area contributed by atoms with Crippen LogP contribution in [-0.4, -0.2) is 96.4 Å². The van der Waals surface area contributed by atoms with Gasteiger partial charge in [-0.05, 0) is 28.2 Å². The molecule has 0 aliphatic carbocycles. The van der Waals surface area contributed by atoms with E-state index in [1.54, 1.807) is 0 Å². The minimum absolute atomic E-state index is 0.216. The maximum absolute atomic E-state index is 10.0. The molecule has 128 valence electrons. The average Bonchev–Trinajstić information content (AvgIpc) is 2.35. The molecule has 0 amide bonds. The van der Waals surface area contributed by atoms with Gasteiger partial charge in [0.2, 0.25) is 0 Å². The Bertz CT molecular complexity index is 257. The van der Waals surface area contributed by atoms with Crippen LogP contribution >= 0.6 is 36.0 Å². The summed E-state index contributed by atoms with van der Waals surface area (Å²) < 4.78 is 0. The lowest BCUT2D eigenvalue weighted by molar-refractivity contribution is -0.135. The van der Waals surface area contributed by atoms with Gasteiger partial charge in [-0.15, -0.1) is 23.4 Å². The lowest BCUT2D eigenvalue weighted by atomic mass is 10.7. The number of carbonyl (C=O) groups is 2. The van der Waals surface area contributed by atoms with Crippen LogP contribution in [0.4, 0.5) is 0 Å². The predicted molar refractivity (Wildman–Crippen MR) is 94.3 cm³/mol. The highest BCUT2D eigenvalue weighted by Crippen LogP contribution is 1.98. The van der Waals surface area contributed by atoms with E-state index < -0.39 is 11.9 Å². The molecule has 2 N–H and O–H groups in total. The van der Waals surface area contributed by atoms with Gasteiger partial charge in [0, 0.05) is 24.6 Å². The monoisotopic (exact) mass is 362 g/mol. The number of hydrogen-bond donors (Lipinski definition) is 3. The minimum Gasteiger partial charge on any atom is -0.481 e. The Kier molecular flexibility index (Phi) is 24.4. The molecule has 0 atom stereocenters. The number of carboxylic acids is 2. The molecule has 0 spiro atoms. The van der Waals surface area contributed by atoms with Crippen molar-refractivity contribution in [1.82, 2.24) is 9.80 Å².